The number of amides is 2. The first-order chi connectivity index (χ1) is 9.63. The number of nitrogens with zero attached hydrogens (tertiary/aromatic N) is 2. The average molecular weight is 316 g/mol. The molecule has 6 nitrogen and oxygen atoms in total. The van der Waals surface area contributed by atoms with Gasteiger partial charge in [0.2, 0.25) is 21.8 Å². The quantitative estimate of drug-likeness (QED) is 0.718. The smallest absolute Gasteiger partial charge is 0.240 e. The molecular formula is C14H24N2O4S. The van der Waals surface area contributed by atoms with Crippen molar-refractivity contribution >= 4 is 21.8 Å². The molecule has 0 aromatic carbocycles. The summed E-state index contributed by atoms with van der Waals surface area (Å²) in [6.45, 7) is 6.82. The third kappa shape index (κ3) is 3.39. The molecule has 0 aliphatic carbocycles. The van der Waals surface area contributed by atoms with Crippen LogP contribution in [0.4, 0.5) is 0 Å². The van der Waals surface area contributed by atoms with Gasteiger partial charge in [-0.05, 0) is 19.3 Å². The Morgan fingerprint density at radius 2 is 1.76 bits per heavy atom. The molecule has 7 heteroatoms. The highest BCUT2D eigenvalue weighted by Gasteiger charge is 2.39. The number of sulfonamides is 1. The van der Waals surface area contributed by atoms with Crippen molar-refractivity contribution in [2.24, 2.45) is 11.3 Å². The van der Waals surface area contributed by atoms with E-state index in [1.807, 2.05) is 20.8 Å². The fraction of sp³-hybridized carbons (Fsp3) is 0.857. The Morgan fingerprint density at radius 3 is 2.29 bits per heavy atom. The minimum atomic E-state index is -3.42. The van der Waals surface area contributed by atoms with Gasteiger partial charge in [0, 0.05) is 25.0 Å². The van der Waals surface area contributed by atoms with E-state index in [0.717, 1.165) is 10.7 Å². The molecule has 2 saturated heterocycles. The molecule has 0 N–H and O–H groups in total. The van der Waals surface area contributed by atoms with Crippen molar-refractivity contribution < 1.29 is 18.0 Å². The lowest BCUT2D eigenvalue weighted by atomic mass is 9.91. The predicted octanol–water partition coefficient (Wildman–Crippen LogP) is 0.833. The second-order valence-electron chi connectivity index (χ2n) is 6.92. The lowest BCUT2D eigenvalue weighted by Crippen LogP contribution is -2.49. The van der Waals surface area contributed by atoms with E-state index in [4.69, 9.17) is 0 Å². The van der Waals surface area contributed by atoms with E-state index in [1.54, 1.807) is 4.90 Å². The van der Waals surface area contributed by atoms with Crippen LogP contribution in [0.3, 0.4) is 0 Å². The Hall–Kier alpha value is -1.11. The van der Waals surface area contributed by atoms with E-state index in [9.17, 15) is 18.0 Å². The second-order valence-corrected chi connectivity index (χ2v) is 8.93. The van der Waals surface area contributed by atoms with Crippen LogP contribution in [0, 0.1) is 11.3 Å². The summed E-state index contributed by atoms with van der Waals surface area (Å²) in [6, 6.07) is 0. The maximum atomic E-state index is 12.4. The molecule has 2 fully saturated rings. The first-order valence-corrected chi connectivity index (χ1v) is 9.07. The predicted molar refractivity (Wildman–Crippen MR) is 78.9 cm³/mol. The van der Waals surface area contributed by atoms with Crippen molar-refractivity contribution in [3.63, 3.8) is 0 Å². The van der Waals surface area contributed by atoms with Gasteiger partial charge in [0.05, 0.1) is 11.7 Å². The highest BCUT2D eigenvalue weighted by molar-refractivity contribution is 7.89. The zero-order valence-corrected chi connectivity index (χ0v) is 13.8. The molecule has 2 aliphatic heterocycles. The monoisotopic (exact) mass is 316 g/mol. The summed E-state index contributed by atoms with van der Waals surface area (Å²) < 4.78 is 24.7. The van der Waals surface area contributed by atoms with Gasteiger partial charge in [0.1, 0.15) is 0 Å². The molecule has 0 aromatic heterocycles. The molecule has 0 spiro atoms. The maximum Gasteiger partial charge on any atom is 0.240 e. The van der Waals surface area contributed by atoms with Crippen LogP contribution < -0.4 is 0 Å². The van der Waals surface area contributed by atoms with Gasteiger partial charge < -0.3 is 4.90 Å². The van der Waals surface area contributed by atoms with Crippen molar-refractivity contribution in [3.8, 4) is 0 Å². The van der Waals surface area contributed by atoms with Crippen LogP contribution in [0.5, 0.6) is 0 Å². The Kier molecular flexibility index (Phi) is 4.33. The van der Waals surface area contributed by atoms with Gasteiger partial charge in [0.25, 0.3) is 0 Å². The molecule has 2 amide bonds. The zero-order chi connectivity index (χ0) is 15.8. The Balaban J connectivity index is 2.08. The van der Waals surface area contributed by atoms with Crippen LogP contribution in [0.1, 0.15) is 40.0 Å². The molecule has 0 saturated carbocycles. The Bertz CT molecular complexity index is 536. The lowest BCUT2D eigenvalue weighted by molar-refractivity contribution is -0.143. The summed E-state index contributed by atoms with van der Waals surface area (Å²) in [4.78, 5) is 26.5. The fourth-order valence-electron chi connectivity index (χ4n) is 2.93. The summed E-state index contributed by atoms with van der Waals surface area (Å²) in [5.74, 6) is -0.656. The topological polar surface area (TPSA) is 74.8 Å². The number of carbonyl (C=O) groups excluding carboxylic acids is 2. The van der Waals surface area contributed by atoms with Gasteiger partial charge in [0.15, 0.2) is 0 Å². The Morgan fingerprint density at radius 1 is 1.10 bits per heavy atom. The largest absolute Gasteiger partial charge is 0.341 e. The van der Waals surface area contributed by atoms with Gasteiger partial charge in [-0.3, -0.25) is 9.59 Å². The standard InChI is InChI=1S/C14H24N2O4S/c1-14(2,3)13(18)15-7-4-6-11(10-15)12(17)16-8-5-9-21(16,19)20/h11H,4-10H2,1-3H3. The van der Waals surface area contributed by atoms with Gasteiger partial charge in [-0.15, -0.1) is 0 Å². The normalized spacial score (nSPS) is 26.0. The van der Waals surface area contributed by atoms with E-state index in [0.29, 0.717) is 25.9 Å². The molecule has 1 atom stereocenters. The van der Waals surface area contributed by atoms with E-state index in [2.05, 4.69) is 0 Å². The van der Waals surface area contributed by atoms with Crippen LogP contribution in [-0.4, -0.2) is 54.8 Å². The summed E-state index contributed by atoms with van der Waals surface area (Å²) in [5.41, 5.74) is -0.481. The zero-order valence-electron chi connectivity index (χ0n) is 13.0. The molecule has 21 heavy (non-hydrogen) atoms. The van der Waals surface area contributed by atoms with Crippen molar-refractivity contribution in [1.29, 1.82) is 0 Å². The lowest BCUT2D eigenvalue weighted by Gasteiger charge is -2.36. The SMILES string of the molecule is CC(C)(C)C(=O)N1CCCC(C(=O)N2CCCS2(=O)=O)C1. The summed E-state index contributed by atoms with van der Waals surface area (Å²) in [7, 11) is -3.42. The third-order valence-corrected chi connectivity index (χ3v) is 5.88. The first kappa shape index (κ1) is 16.3. The number of carbonyl (C=O) groups is 2. The molecule has 0 radical (unpaired) electrons. The first-order valence-electron chi connectivity index (χ1n) is 7.46. The molecule has 2 aliphatic rings. The molecule has 120 valence electrons. The summed E-state index contributed by atoms with van der Waals surface area (Å²) in [5, 5.41) is 0. The number of likely N-dealkylation sites (tertiary alicyclic amines) is 1. The van der Waals surface area contributed by atoms with Crippen LogP contribution in [-0.2, 0) is 19.6 Å². The van der Waals surface area contributed by atoms with Gasteiger partial charge in [-0.2, -0.15) is 0 Å². The minimum Gasteiger partial charge on any atom is -0.341 e. The summed E-state index contributed by atoms with van der Waals surface area (Å²) >= 11 is 0. The van der Waals surface area contributed by atoms with Crippen LogP contribution in [0.25, 0.3) is 0 Å². The average Bonchev–Trinajstić information content (AvgIpc) is 2.75. The van der Waals surface area contributed by atoms with E-state index < -0.39 is 21.4 Å². The molecular weight excluding hydrogens is 292 g/mol. The van der Waals surface area contributed by atoms with Gasteiger partial charge in [-0.1, -0.05) is 20.8 Å². The Labute approximate surface area is 126 Å². The minimum absolute atomic E-state index is 0.0179. The maximum absolute atomic E-state index is 12.4. The van der Waals surface area contributed by atoms with Crippen LogP contribution >= 0.6 is 0 Å². The summed E-state index contributed by atoms with van der Waals surface area (Å²) in [6.07, 6.45) is 1.90. The highest BCUT2D eigenvalue weighted by atomic mass is 32.2. The van der Waals surface area contributed by atoms with Crippen LogP contribution in [0.2, 0.25) is 0 Å². The molecule has 2 rings (SSSR count). The molecule has 2 heterocycles. The van der Waals surface area contributed by atoms with Crippen molar-refractivity contribution in [1.82, 2.24) is 9.21 Å². The number of hydrogen-bond donors (Lipinski definition) is 0. The number of rotatable bonds is 1. The van der Waals surface area contributed by atoms with E-state index in [-0.39, 0.29) is 24.1 Å². The van der Waals surface area contributed by atoms with E-state index in [1.165, 1.54) is 0 Å². The molecule has 0 bridgehead atoms. The number of piperidine rings is 1. The van der Waals surface area contributed by atoms with Crippen molar-refractivity contribution in [2.45, 2.75) is 40.0 Å². The van der Waals surface area contributed by atoms with Gasteiger partial charge >= 0.3 is 0 Å². The van der Waals surface area contributed by atoms with Crippen molar-refractivity contribution in [2.75, 3.05) is 25.4 Å². The second kappa shape index (κ2) is 5.59. The van der Waals surface area contributed by atoms with E-state index >= 15 is 0 Å². The fourth-order valence-corrected chi connectivity index (χ4v) is 4.47. The highest BCUT2D eigenvalue weighted by Crippen LogP contribution is 2.26. The molecule has 1 unspecified atom stereocenters. The van der Waals surface area contributed by atoms with Crippen molar-refractivity contribution in [3.05, 3.63) is 0 Å². The van der Waals surface area contributed by atoms with Gasteiger partial charge in [-0.25, -0.2) is 12.7 Å². The number of hydrogen-bond acceptors (Lipinski definition) is 4. The molecule has 0 aromatic rings. The third-order valence-electron chi connectivity index (χ3n) is 4.04. The van der Waals surface area contributed by atoms with Crippen LogP contribution in [0.15, 0.2) is 0 Å².